The molecule has 2 aromatic heterocycles. The number of hydrogen-bond donors (Lipinski definition) is 2. The van der Waals surface area contributed by atoms with E-state index in [-0.39, 0.29) is 29.3 Å². The van der Waals surface area contributed by atoms with E-state index in [0.29, 0.717) is 24.3 Å². The van der Waals surface area contributed by atoms with Crippen LogP contribution < -0.4 is 10.6 Å². The SMILES string of the molecule is Cc1nn(CC(=O)OC(C)(C)C)cc1-c1ccc(-c2cnc(C(=O)Nc3ccc(C(=O)N4CCNCC4)c(Cl)c3)n2C)cc1. The lowest BCUT2D eigenvalue weighted by molar-refractivity contribution is -0.155. The normalized spacial score (nSPS) is 13.5. The molecule has 2 N–H and O–H groups in total. The molecule has 1 aliphatic rings. The van der Waals surface area contributed by atoms with Crippen LogP contribution in [0.15, 0.2) is 54.9 Å². The fourth-order valence-electron chi connectivity index (χ4n) is 5.09. The second-order valence-corrected chi connectivity index (χ2v) is 12.1. The third-order valence-electron chi connectivity index (χ3n) is 7.20. The minimum absolute atomic E-state index is 0.0288. The lowest BCUT2D eigenvalue weighted by Crippen LogP contribution is -2.46. The summed E-state index contributed by atoms with van der Waals surface area (Å²) in [6.07, 6.45) is 3.48. The number of esters is 1. The molecule has 0 bridgehead atoms. The van der Waals surface area contributed by atoms with Crippen molar-refractivity contribution in [3.05, 3.63) is 77.0 Å². The number of anilines is 1. The maximum Gasteiger partial charge on any atom is 0.328 e. The van der Waals surface area contributed by atoms with Crippen molar-refractivity contribution >= 4 is 35.1 Å². The van der Waals surface area contributed by atoms with Crippen LogP contribution >= 0.6 is 11.6 Å². The Morgan fingerprint density at radius 1 is 1.05 bits per heavy atom. The van der Waals surface area contributed by atoms with Gasteiger partial charge < -0.3 is 24.8 Å². The molecule has 1 fully saturated rings. The van der Waals surface area contributed by atoms with Crippen molar-refractivity contribution in [3.63, 3.8) is 0 Å². The van der Waals surface area contributed by atoms with Crippen molar-refractivity contribution in [1.82, 2.24) is 29.5 Å². The summed E-state index contributed by atoms with van der Waals surface area (Å²) in [5.74, 6) is -0.654. The van der Waals surface area contributed by atoms with E-state index >= 15 is 0 Å². The number of hydrogen-bond acceptors (Lipinski definition) is 7. The number of aromatic nitrogens is 4. The third kappa shape index (κ3) is 7.00. The molecule has 11 nitrogen and oxygen atoms in total. The number of halogens is 1. The van der Waals surface area contributed by atoms with E-state index in [1.807, 2.05) is 58.2 Å². The standard InChI is InChI=1S/C32H36ClN7O4/c1-20-25(18-40(37-20)19-28(41)44-32(2,3)4)21-6-8-22(9-7-21)27-17-35-29(38(27)5)30(42)36-23-10-11-24(26(33)16-23)31(43)39-14-12-34-13-15-39/h6-11,16-18,34H,12-15,19H2,1-5H3,(H,36,42). The molecule has 5 rings (SSSR count). The number of piperazine rings is 1. The van der Waals surface area contributed by atoms with Gasteiger partial charge in [0.2, 0.25) is 0 Å². The monoisotopic (exact) mass is 617 g/mol. The Balaban J connectivity index is 1.26. The largest absolute Gasteiger partial charge is 0.459 e. The zero-order chi connectivity index (χ0) is 31.6. The highest BCUT2D eigenvalue weighted by molar-refractivity contribution is 6.34. The van der Waals surface area contributed by atoms with Crippen LogP contribution in [0.25, 0.3) is 22.4 Å². The van der Waals surface area contributed by atoms with Gasteiger partial charge in [-0.25, -0.2) is 4.98 Å². The molecule has 0 atom stereocenters. The Hall–Kier alpha value is -4.48. The van der Waals surface area contributed by atoms with Crippen LogP contribution in [0.4, 0.5) is 5.69 Å². The molecule has 2 amide bonds. The Bertz CT molecular complexity index is 1700. The summed E-state index contributed by atoms with van der Waals surface area (Å²) >= 11 is 6.44. The van der Waals surface area contributed by atoms with Gasteiger partial charge in [0.25, 0.3) is 11.8 Å². The van der Waals surface area contributed by atoms with Crippen molar-refractivity contribution in [1.29, 1.82) is 0 Å². The number of carbonyl (C=O) groups is 3. The number of nitrogens with zero attached hydrogens (tertiary/aromatic N) is 5. The molecule has 1 saturated heterocycles. The van der Waals surface area contributed by atoms with Gasteiger partial charge in [-0.2, -0.15) is 5.10 Å². The highest BCUT2D eigenvalue weighted by Crippen LogP contribution is 2.28. The average molecular weight is 618 g/mol. The minimum Gasteiger partial charge on any atom is -0.459 e. The molecule has 2 aromatic carbocycles. The van der Waals surface area contributed by atoms with Crippen LogP contribution in [0, 0.1) is 6.92 Å². The van der Waals surface area contributed by atoms with Gasteiger partial charge in [-0.1, -0.05) is 35.9 Å². The molecular weight excluding hydrogens is 582 g/mol. The van der Waals surface area contributed by atoms with Crippen LogP contribution in [0.5, 0.6) is 0 Å². The molecule has 12 heteroatoms. The van der Waals surface area contributed by atoms with E-state index in [1.54, 1.807) is 45.6 Å². The van der Waals surface area contributed by atoms with E-state index in [1.165, 1.54) is 0 Å². The zero-order valence-electron chi connectivity index (χ0n) is 25.5. The fourth-order valence-corrected chi connectivity index (χ4v) is 5.35. The van der Waals surface area contributed by atoms with Gasteiger partial charge in [0.1, 0.15) is 12.1 Å². The molecule has 0 spiro atoms. The Labute approximate surface area is 261 Å². The first-order valence-electron chi connectivity index (χ1n) is 14.4. The Morgan fingerprint density at radius 2 is 1.73 bits per heavy atom. The van der Waals surface area contributed by atoms with E-state index in [0.717, 1.165) is 41.2 Å². The van der Waals surface area contributed by atoms with Crippen LogP contribution in [0.3, 0.4) is 0 Å². The predicted octanol–water partition coefficient (Wildman–Crippen LogP) is 4.55. The summed E-state index contributed by atoms with van der Waals surface area (Å²) in [5, 5.41) is 10.8. The fraction of sp³-hybridized carbons (Fsp3) is 0.344. The highest BCUT2D eigenvalue weighted by atomic mass is 35.5. The number of ether oxygens (including phenoxy) is 1. The summed E-state index contributed by atoms with van der Waals surface area (Å²) in [6.45, 7) is 10.2. The van der Waals surface area contributed by atoms with Crippen molar-refractivity contribution in [2.75, 3.05) is 31.5 Å². The summed E-state index contributed by atoms with van der Waals surface area (Å²) in [5.41, 5.74) is 4.59. The van der Waals surface area contributed by atoms with Crippen molar-refractivity contribution in [3.8, 4) is 22.4 Å². The van der Waals surface area contributed by atoms with E-state index in [4.69, 9.17) is 16.3 Å². The van der Waals surface area contributed by atoms with Gasteiger partial charge in [-0.3, -0.25) is 19.1 Å². The smallest absolute Gasteiger partial charge is 0.328 e. The summed E-state index contributed by atoms with van der Waals surface area (Å²) in [7, 11) is 1.78. The number of carbonyl (C=O) groups excluding carboxylic acids is 3. The number of aryl methyl sites for hydroxylation is 1. The first-order valence-corrected chi connectivity index (χ1v) is 14.8. The van der Waals surface area contributed by atoms with Gasteiger partial charge in [-0.05, 0) is 57.0 Å². The van der Waals surface area contributed by atoms with Crippen LogP contribution in [-0.2, 0) is 23.1 Å². The molecule has 44 heavy (non-hydrogen) atoms. The highest BCUT2D eigenvalue weighted by Gasteiger charge is 2.22. The number of imidazole rings is 1. The third-order valence-corrected chi connectivity index (χ3v) is 7.51. The number of nitrogens with one attached hydrogen (secondary N) is 2. The molecule has 3 heterocycles. The second-order valence-electron chi connectivity index (χ2n) is 11.7. The maximum absolute atomic E-state index is 13.1. The first-order chi connectivity index (χ1) is 20.9. The molecule has 0 radical (unpaired) electrons. The average Bonchev–Trinajstić information content (AvgIpc) is 3.53. The first kappa shape index (κ1) is 31.0. The van der Waals surface area contributed by atoms with Gasteiger partial charge >= 0.3 is 5.97 Å². The van der Waals surface area contributed by atoms with Gasteiger partial charge in [0.15, 0.2) is 5.82 Å². The van der Waals surface area contributed by atoms with Crippen LogP contribution in [0.2, 0.25) is 5.02 Å². The number of amides is 2. The Morgan fingerprint density at radius 3 is 2.39 bits per heavy atom. The Kier molecular flexibility index (Phi) is 8.89. The van der Waals surface area contributed by atoms with Gasteiger partial charge in [0.05, 0.1) is 28.2 Å². The molecule has 0 saturated carbocycles. The van der Waals surface area contributed by atoms with Crippen molar-refractivity contribution < 1.29 is 19.1 Å². The molecule has 230 valence electrons. The van der Waals surface area contributed by atoms with Crippen molar-refractivity contribution in [2.45, 2.75) is 39.8 Å². The second kappa shape index (κ2) is 12.6. The number of rotatable bonds is 7. The van der Waals surface area contributed by atoms with E-state index in [9.17, 15) is 14.4 Å². The maximum atomic E-state index is 13.1. The predicted molar refractivity (Wildman–Crippen MR) is 169 cm³/mol. The van der Waals surface area contributed by atoms with Gasteiger partial charge in [-0.15, -0.1) is 0 Å². The number of benzene rings is 2. The van der Waals surface area contributed by atoms with Crippen LogP contribution in [0.1, 0.15) is 47.4 Å². The lowest BCUT2D eigenvalue weighted by atomic mass is 10.0. The van der Waals surface area contributed by atoms with Crippen molar-refractivity contribution in [2.24, 2.45) is 7.05 Å². The topological polar surface area (TPSA) is 123 Å². The summed E-state index contributed by atoms with van der Waals surface area (Å²) in [4.78, 5) is 44.3. The molecule has 1 aliphatic heterocycles. The minimum atomic E-state index is -0.559. The molecular formula is C32H36ClN7O4. The quantitative estimate of drug-likeness (QED) is 0.292. The van der Waals surface area contributed by atoms with E-state index < -0.39 is 11.5 Å². The molecule has 0 aliphatic carbocycles. The zero-order valence-corrected chi connectivity index (χ0v) is 26.2. The van der Waals surface area contributed by atoms with Crippen LogP contribution in [-0.4, -0.2) is 73.8 Å². The summed E-state index contributed by atoms with van der Waals surface area (Å²) < 4.78 is 8.71. The van der Waals surface area contributed by atoms with E-state index in [2.05, 4.69) is 20.7 Å². The summed E-state index contributed by atoms with van der Waals surface area (Å²) in [6, 6.07) is 12.7. The lowest BCUT2D eigenvalue weighted by Gasteiger charge is -2.27. The molecule has 0 unspecified atom stereocenters. The van der Waals surface area contributed by atoms with Gasteiger partial charge in [0, 0.05) is 50.7 Å². The molecule has 4 aromatic rings.